The number of carbonyl (C=O) groups excluding carboxylic acids is 1. The maximum Gasteiger partial charge on any atom is 0.241 e. The smallest absolute Gasteiger partial charge is 0.241 e. The Morgan fingerprint density at radius 1 is 1.47 bits per heavy atom. The summed E-state index contributed by atoms with van der Waals surface area (Å²) in [5.41, 5.74) is 7.15. The lowest BCUT2D eigenvalue weighted by Gasteiger charge is -2.14. The molecule has 4 nitrogen and oxygen atoms in total. The second-order valence-electron chi connectivity index (χ2n) is 4.73. The number of benzene rings is 1. The Hall–Kier alpha value is -1.55. The number of carbonyl (C=O) groups is 1. The van der Waals surface area contributed by atoms with Crippen molar-refractivity contribution in [2.45, 2.75) is 33.2 Å². The molecule has 1 amide bonds. The quantitative estimate of drug-likeness (QED) is 0.700. The second-order valence-corrected chi connectivity index (χ2v) is 4.73. The first-order valence-electron chi connectivity index (χ1n) is 5.76. The summed E-state index contributed by atoms with van der Waals surface area (Å²) in [5.74, 6) is 0.413. The average Bonchev–Trinajstić information content (AvgIpc) is 2.22. The van der Waals surface area contributed by atoms with E-state index in [1.54, 1.807) is 25.1 Å². The number of hydrogen-bond acceptors (Lipinski definition) is 3. The second kappa shape index (κ2) is 5.68. The van der Waals surface area contributed by atoms with Crippen LogP contribution < -0.4 is 11.1 Å². The van der Waals surface area contributed by atoms with Crippen molar-refractivity contribution in [1.82, 2.24) is 0 Å². The zero-order chi connectivity index (χ0) is 13.0. The molecule has 1 unspecified atom stereocenters. The summed E-state index contributed by atoms with van der Waals surface area (Å²) in [5, 5.41) is 12.1. The Kier molecular flexibility index (Phi) is 4.52. The fraction of sp³-hybridized carbons (Fsp3) is 0.462. The van der Waals surface area contributed by atoms with E-state index in [0.717, 1.165) is 5.56 Å². The lowest BCUT2D eigenvalue weighted by atomic mass is 10.0. The lowest BCUT2D eigenvalue weighted by molar-refractivity contribution is -0.117. The standard InChI is InChI=1S/C13H20N2O2/c1-8(2)6-11(14)13(17)15-10-4-5-12(16)9(3)7-10/h4-5,7-8,11,16H,6,14H2,1-3H3,(H,15,17). The van der Waals surface area contributed by atoms with E-state index in [4.69, 9.17) is 5.73 Å². The van der Waals surface area contributed by atoms with Crippen molar-refractivity contribution < 1.29 is 9.90 Å². The lowest BCUT2D eigenvalue weighted by Crippen LogP contribution is -2.36. The Balaban J connectivity index is 2.64. The minimum atomic E-state index is -0.496. The molecule has 1 rings (SSSR count). The van der Waals surface area contributed by atoms with Gasteiger partial charge in [-0.3, -0.25) is 4.79 Å². The summed E-state index contributed by atoms with van der Waals surface area (Å²) in [4.78, 5) is 11.7. The van der Waals surface area contributed by atoms with E-state index in [2.05, 4.69) is 5.32 Å². The van der Waals surface area contributed by atoms with Gasteiger partial charge in [-0.25, -0.2) is 0 Å². The van der Waals surface area contributed by atoms with E-state index in [1.807, 2.05) is 13.8 Å². The Morgan fingerprint density at radius 2 is 2.12 bits per heavy atom. The van der Waals surface area contributed by atoms with Crippen molar-refractivity contribution >= 4 is 11.6 Å². The molecule has 0 aromatic heterocycles. The normalized spacial score (nSPS) is 12.5. The molecule has 1 atom stereocenters. The Morgan fingerprint density at radius 3 is 2.65 bits per heavy atom. The summed E-state index contributed by atoms with van der Waals surface area (Å²) in [6, 6.07) is 4.43. The van der Waals surface area contributed by atoms with E-state index < -0.39 is 6.04 Å². The first-order valence-corrected chi connectivity index (χ1v) is 5.76. The molecule has 0 aliphatic carbocycles. The number of amides is 1. The molecule has 0 spiro atoms. The number of hydrogen-bond donors (Lipinski definition) is 3. The average molecular weight is 236 g/mol. The van der Waals surface area contributed by atoms with Crippen molar-refractivity contribution in [3.8, 4) is 5.75 Å². The van der Waals surface area contributed by atoms with Crippen LogP contribution >= 0.6 is 0 Å². The van der Waals surface area contributed by atoms with E-state index in [9.17, 15) is 9.90 Å². The van der Waals surface area contributed by atoms with Gasteiger partial charge in [-0.15, -0.1) is 0 Å². The van der Waals surface area contributed by atoms with Gasteiger partial charge in [0, 0.05) is 5.69 Å². The summed E-state index contributed by atoms with van der Waals surface area (Å²) in [6.07, 6.45) is 0.656. The highest BCUT2D eigenvalue weighted by molar-refractivity contribution is 5.94. The number of rotatable bonds is 4. The first-order chi connectivity index (χ1) is 7.90. The number of aromatic hydroxyl groups is 1. The topological polar surface area (TPSA) is 75.4 Å². The summed E-state index contributed by atoms with van der Waals surface area (Å²) >= 11 is 0. The third-order valence-corrected chi connectivity index (χ3v) is 2.53. The van der Waals surface area contributed by atoms with Gasteiger partial charge >= 0.3 is 0 Å². The van der Waals surface area contributed by atoms with Gasteiger partial charge in [0.2, 0.25) is 5.91 Å². The number of nitrogens with two attached hydrogens (primary N) is 1. The molecule has 0 saturated heterocycles. The van der Waals surface area contributed by atoms with E-state index >= 15 is 0 Å². The third kappa shape index (κ3) is 4.07. The van der Waals surface area contributed by atoms with Crippen molar-refractivity contribution in [3.63, 3.8) is 0 Å². The van der Waals surface area contributed by atoms with Crippen LogP contribution in [0.3, 0.4) is 0 Å². The van der Waals surface area contributed by atoms with Crippen molar-refractivity contribution in [3.05, 3.63) is 23.8 Å². The number of phenols is 1. The highest BCUT2D eigenvalue weighted by Gasteiger charge is 2.15. The fourth-order valence-corrected chi connectivity index (χ4v) is 1.58. The highest BCUT2D eigenvalue weighted by Crippen LogP contribution is 2.20. The molecule has 17 heavy (non-hydrogen) atoms. The van der Waals surface area contributed by atoms with Crippen LogP contribution in [-0.2, 0) is 4.79 Å². The molecule has 4 heteroatoms. The third-order valence-electron chi connectivity index (χ3n) is 2.53. The van der Waals surface area contributed by atoms with E-state index in [-0.39, 0.29) is 11.7 Å². The molecular formula is C13H20N2O2. The highest BCUT2D eigenvalue weighted by atomic mass is 16.3. The molecule has 1 aromatic rings. The molecule has 0 bridgehead atoms. The molecule has 4 N–H and O–H groups in total. The maximum atomic E-state index is 11.7. The van der Waals surface area contributed by atoms with Crippen LogP contribution in [0, 0.1) is 12.8 Å². The number of nitrogens with one attached hydrogen (secondary N) is 1. The predicted octanol–water partition coefficient (Wildman–Crippen LogP) is 2.01. The minimum Gasteiger partial charge on any atom is -0.508 e. The van der Waals surface area contributed by atoms with Gasteiger partial charge < -0.3 is 16.2 Å². The molecule has 0 heterocycles. The Labute approximate surface area is 102 Å². The predicted molar refractivity (Wildman–Crippen MR) is 68.9 cm³/mol. The Bertz CT molecular complexity index is 402. The van der Waals surface area contributed by atoms with Crippen LogP contribution in [0.5, 0.6) is 5.75 Å². The van der Waals surface area contributed by atoms with Crippen molar-refractivity contribution in [2.24, 2.45) is 11.7 Å². The molecule has 0 fully saturated rings. The zero-order valence-electron chi connectivity index (χ0n) is 10.5. The van der Waals surface area contributed by atoms with E-state index in [0.29, 0.717) is 18.0 Å². The van der Waals surface area contributed by atoms with Crippen molar-refractivity contribution in [2.75, 3.05) is 5.32 Å². The van der Waals surface area contributed by atoms with Crippen LogP contribution in [0.15, 0.2) is 18.2 Å². The zero-order valence-corrected chi connectivity index (χ0v) is 10.5. The van der Waals surface area contributed by atoms with Crippen molar-refractivity contribution in [1.29, 1.82) is 0 Å². The van der Waals surface area contributed by atoms with Crippen LogP contribution in [0.4, 0.5) is 5.69 Å². The van der Waals surface area contributed by atoms with Gasteiger partial charge in [-0.1, -0.05) is 13.8 Å². The van der Waals surface area contributed by atoms with Crippen LogP contribution in [0.25, 0.3) is 0 Å². The van der Waals surface area contributed by atoms with Gasteiger partial charge in [0.25, 0.3) is 0 Å². The SMILES string of the molecule is Cc1cc(NC(=O)C(N)CC(C)C)ccc1O. The molecule has 1 aromatic carbocycles. The van der Waals surface area contributed by atoms with Gasteiger partial charge in [0.05, 0.1) is 6.04 Å². The molecule has 0 radical (unpaired) electrons. The van der Waals surface area contributed by atoms with Gasteiger partial charge in [-0.2, -0.15) is 0 Å². The van der Waals surface area contributed by atoms with Crippen LogP contribution in [-0.4, -0.2) is 17.1 Å². The fourth-order valence-electron chi connectivity index (χ4n) is 1.58. The minimum absolute atomic E-state index is 0.191. The molecule has 94 valence electrons. The number of phenolic OH excluding ortho intramolecular Hbond substituents is 1. The van der Waals surface area contributed by atoms with Crippen LogP contribution in [0.2, 0.25) is 0 Å². The summed E-state index contributed by atoms with van der Waals surface area (Å²) in [7, 11) is 0. The van der Waals surface area contributed by atoms with E-state index in [1.165, 1.54) is 0 Å². The number of anilines is 1. The maximum absolute atomic E-state index is 11.7. The van der Waals surface area contributed by atoms with Crippen LogP contribution in [0.1, 0.15) is 25.8 Å². The molecule has 0 saturated carbocycles. The summed E-state index contributed by atoms with van der Waals surface area (Å²) < 4.78 is 0. The monoisotopic (exact) mass is 236 g/mol. The largest absolute Gasteiger partial charge is 0.508 e. The molecular weight excluding hydrogens is 216 g/mol. The summed E-state index contributed by atoms with van der Waals surface area (Å²) in [6.45, 7) is 5.83. The molecule has 0 aliphatic rings. The number of aryl methyl sites for hydroxylation is 1. The van der Waals surface area contributed by atoms with Gasteiger partial charge in [0.1, 0.15) is 5.75 Å². The molecule has 0 aliphatic heterocycles. The van der Waals surface area contributed by atoms with Gasteiger partial charge in [-0.05, 0) is 43.0 Å². The first kappa shape index (κ1) is 13.5. The van der Waals surface area contributed by atoms with Gasteiger partial charge in [0.15, 0.2) is 0 Å².